The Kier molecular flexibility index (Phi) is 4.33. The monoisotopic (exact) mass is 274 g/mol. The molecule has 0 saturated carbocycles. The van der Waals surface area contributed by atoms with Crippen LogP contribution in [0.3, 0.4) is 0 Å². The predicted molar refractivity (Wildman–Crippen MR) is 77.6 cm³/mol. The Morgan fingerprint density at radius 2 is 2.10 bits per heavy atom. The van der Waals surface area contributed by atoms with Crippen molar-refractivity contribution >= 4 is 5.91 Å². The third-order valence-electron chi connectivity index (χ3n) is 4.15. The molecule has 108 valence electrons. The lowest BCUT2D eigenvalue weighted by Crippen LogP contribution is -2.40. The zero-order chi connectivity index (χ0) is 13.8. The zero-order valence-electron chi connectivity index (χ0n) is 11.9. The van der Waals surface area contributed by atoms with Crippen LogP contribution in [0.15, 0.2) is 18.2 Å². The highest BCUT2D eigenvalue weighted by Crippen LogP contribution is 2.17. The van der Waals surface area contributed by atoms with Crippen LogP contribution in [0.1, 0.15) is 23.1 Å². The number of rotatable bonds is 3. The summed E-state index contributed by atoms with van der Waals surface area (Å²) in [6.45, 7) is 4.87. The van der Waals surface area contributed by atoms with E-state index < -0.39 is 0 Å². The molecule has 0 atom stereocenters. The van der Waals surface area contributed by atoms with E-state index in [0.29, 0.717) is 19.6 Å². The Morgan fingerprint density at radius 1 is 1.25 bits per heavy atom. The van der Waals surface area contributed by atoms with Crippen molar-refractivity contribution in [1.29, 1.82) is 0 Å². The van der Waals surface area contributed by atoms with Gasteiger partial charge in [0.1, 0.15) is 0 Å². The summed E-state index contributed by atoms with van der Waals surface area (Å²) in [6.07, 6.45) is 2.55. The second kappa shape index (κ2) is 6.37. The topological polar surface area (TPSA) is 41.6 Å². The lowest BCUT2D eigenvalue weighted by molar-refractivity contribution is -0.135. The maximum atomic E-state index is 12.1. The SMILES string of the molecule is O=C(CCc1ccc2c(c1)CNCC2)N1CCOCC1. The second-order valence-electron chi connectivity index (χ2n) is 5.52. The third-order valence-corrected chi connectivity index (χ3v) is 4.15. The number of benzene rings is 1. The normalized spacial score (nSPS) is 18.7. The molecule has 1 fully saturated rings. The van der Waals surface area contributed by atoms with Crippen molar-refractivity contribution in [2.75, 3.05) is 32.8 Å². The highest BCUT2D eigenvalue weighted by atomic mass is 16.5. The number of nitrogens with zero attached hydrogens (tertiary/aromatic N) is 1. The first-order valence-electron chi connectivity index (χ1n) is 7.50. The van der Waals surface area contributed by atoms with Crippen molar-refractivity contribution in [1.82, 2.24) is 10.2 Å². The molecule has 0 bridgehead atoms. The molecular weight excluding hydrogens is 252 g/mol. The van der Waals surface area contributed by atoms with Crippen molar-refractivity contribution in [2.45, 2.75) is 25.8 Å². The van der Waals surface area contributed by atoms with Gasteiger partial charge in [0.2, 0.25) is 5.91 Å². The molecule has 20 heavy (non-hydrogen) atoms. The summed E-state index contributed by atoms with van der Waals surface area (Å²) in [5, 5.41) is 3.40. The molecule has 0 spiro atoms. The fraction of sp³-hybridized carbons (Fsp3) is 0.562. The molecule has 0 aliphatic carbocycles. The minimum absolute atomic E-state index is 0.254. The number of carbonyl (C=O) groups excluding carboxylic acids is 1. The first kappa shape index (κ1) is 13.6. The first-order chi connectivity index (χ1) is 9.83. The molecule has 1 N–H and O–H groups in total. The Balaban J connectivity index is 1.56. The van der Waals surface area contributed by atoms with Gasteiger partial charge in [-0.1, -0.05) is 18.2 Å². The summed E-state index contributed by atoms with van der Waals surface area (Å²) in [7, 11) is 0. The minimum atomic E-state index is 0.254. The van der Waals surface area contributed by atoms with Gasteiger partial charge in [-0.25, -0.2) is 0 Å². The number of amides is 1. The van der Waals surface area contributed by atoms with Crippen LogP contribution in [0, 0.1) is 0 Å². The van der Waals surface area contributed by atoms with Gasteiger partial charge in [-0.05, 0) is 36.1 Å². The quantitative estimate of drug-likeness (QED) is 0.898. The molecule has 1 amide bonds. The van der Waals surface area contributed by atoms with Crippen LogP contribution in [0.2, 0.25) is 0 Å². The standard InChI is InChI=1S/C16H22N2O2/c19-16(18-7-9-20-10-8-18)4-2-13-1-3-14-5-6-17-12-15(14)11-13/h1,3,11,17H,2,4-10,12H2. The third kappa shape index (κ3) is 3.19. The molecule has 1 aromatic carbocycles. The average molecular weight is 274 g/mol. The second-order valence-corrected chi connectivity index (χ2v) is 5.52. The van der Waals surface area contributed by atoms with Gasteiger partial charge in [-0.15, -0.1) is 0 Å². The zero-order valence-corrected chi connectivity index (χ0v) is 11.9. The maximum Gasteiger partial charge on any atom is 0.223 e. The Labute approximate surface area is 120 Å². The van der Waals surface area contributed by atoms with Crippen LogP contribution < -0.4 is 5.32 Å². The fourth-order valence-electron chi connectivity index (χ4n) is 2.91. The fourth-order valence-corrected chi connectivity index (χ4v) is 2.91. The molecule has 2 aliphatic rings. The molecule has 0 radical (unpaired) electrons. The largest absolute Gasteiger partial charge is 0.378 e. The van der Waals surface area contributed by atoms with Crippen molar-refractivity contribution in [2.24, 2.45) is 0 Å². The van der Waals surface area contributed by atoms with E-state index in [4.69, 9.17) is 4.74 Å². The van der Waals surface area contributed by atoms with Gasteiger partial charge in [-0.3, -0.25) is 4.79 Å². The van der Waals surface area contributed by atoms with E-state index in [1.165, 1.54) is 16.7 Å². The molecule has 3 rings (SSSR count). The van der Waals surface area contributed by atoms with Crippen LogP contribution in [0.4, 0.5) is 0 Å². The van der Waals surface area contributed by atoms with Gasteiger partial charge in [0, 0.05) is 26.1 Å². The number of hydrogen-bond donors (Lipinski definition) is 1. The molecule has 4 heteroatoms. The van der Waals surface area contributed by atoms with Crippen LogP contribution in [0.5, 0.6) is 0 Å². The van der Waals surface area contributed by atoms with Crippen LogP contribution in [-0.4, -0.2) is 43.7 Å². The highest BCUT2D eigenvalue weighted by Gasteiger charge is 2.16. The lowest BCUT2D eigenvalue weighted by Gasteiger charge is -2.27. The Morgan fingerprint density at radius 3 is 2.95 bits per heavy atom. The van der Waals surface area contributed by atoms with Gasteiger partial charge >= 0.3 is 0 Å². The van der Waals surface area contributed by atoms with E-state index in [9.17, 15) is 4.79 Å². The van der Waals surface area contributed by atoms with Gasteiger partial charge in [0.05, 0.1) is 13.2 Å². The summed E-state index contributed by atoms with van der Waals surface area (Å²) >= 11 is 0. The molecule has 1 saturated heterocycles. The smallest absolute Gasteiger partial charge is 0.223 e. The summed E-state index contributed by atoms with van der Waals surface area (Å²) in [6, 6.07) is 6.66. The predicted octanol–water partition coefficient (Wildman–Crippen LogP) is 1.12. The van der Waals surface area contributed by atoms with Crippen molar-refractivity contribution < 1.29 is 9.53 Å². The van der Waals surface area contributed by atoms with Gasteiger partial charge in [0.25, 0.3) is 0 Å². The minimum Gasteiger partial charge on any atom is -0.378 e. The molecule has 0 unspecified atom stereocenters. The van der Waals surface area contributed by atoms with Crippen LogP contribution in [0.25, 0.3) is 0 Å². The first-order valence-corrected chi connectivity index (χ1v) is 7.50. The summed E-state index contributed by atoms with van der Waals surface area (Å²) < 4.78 is 5.27. The van der Waals surface area contributed by atoms with Gasteiger partial charge in [0.15, 0.2) is 0 Å². The Hall–Kier alpha value is -1.39. The summed E-state index contributed by atoms with van der Waals surface area (Å²) in [5.74, 6) is 0.254. The van der Waals surface area contributed by atoms with E-state index >= 15 is 0 Å². The van der Waals surface area contributed by atoms with E-state index in [1.807, 2.05) is 4.90 Å². The van der Waals surface area contributed by atoms with Crippen LogP contribution in [-0.2, 0) is 28.9 Å². The molecule has 1 aromatic rings. The van der Waals surface area contributed by atoms with Crippen LogP contribution >= 0.6 is 0 Å². The van der Waals surface area contributed by atoms with E-state index in [2.05, 4.69) is 23.5 Å². The van der Waals surface area contributed by atoms with E-state index in [0.717, 1.165) is 39.0 Å². The highest BCUT2D eigenvalue weighted by molar-refractivity contribution is 5.76. The number of carbonyl (C=O) groups is 1. The van der Waals surface area contributed by atoms with Crippen molar-refractivity contribution in [3.05, 3.63) is 34.9 Å². The number of aryl methyl sites for hydroxylation is 1. The summed E-state index contributed by atoms with van der Waals surface area (Å²) in [4.78, 5) is 14.0. The number of fused-ring (bicyclic) bond motifs is 1. The molecule has 2 aliphatic heterocycles. The molecule has 4 nitrogen and oxygen atoms in total. The number of ether oxygens (including phenoxy) is 1. The van der Waals surface area contributed by atoms with Crippen molar-refractivity contribution in [3.63, 3.8) is 0 Å². The van der Waals surface area contributed by atoms with E-state index in [1.54, 1.807) is 0 Å². The molecule has 2 heterocycles. The Bertz CT molecular complexity index is 481. The number of nitrogens with one attached hydrogen (secondary N) is 1. The average Bonchev–Trinajstić information content (AvgIpc) is 2.53. The van der Waals surface area contributed by atoms with Gasteiger partial charge < -0.3 is 15.0 Å². The van der Waals surface area contributed by atoms with Gasteiger partial charge in [-0.2, -0.15) is 0 Å². The molecule has 0 aromatic heterocycles. The lowest BCUT2D eigenvalue weighted by atomic mass is 9.97. The number of hydrogen-bond acceptors (Lipinski definition) is 3. The maximum absolute atomic E-state index is 12.1. The summed E-state index contributed by atoms with van der Waals surface area (Å²) in [5.41, 5.74) is 4.12. The molecular formula is C16H22N2O2. The van der Waals surface area contributed by atoms with Crippen molar-refractivity contribution in [3.8, 4) is 0 Å². The van der Waals surface area contributed by atoms with E-state index in [-0.39, 0.29) is 5.91 Å². The number of morpholine rings is 1.